The number of carbonyl (C=O) groups excluding carboxylic acids is 1. The second-order valence-electron chi connectivity index (χ2n) is 5.89. The molecule has 0 bridgehead atoms. The smallest absolute Gasteiger partial charge is 0.317 e. The molecule has 0 fully saturated rings. The fourth-order valence-corrected chi connectivity index (χ4v) is 2.69. The maximum absolute atomic E-state index is 12.2. The van der Waals surface area contributed by atoms with Gasteiger partial charge in [0.2, 0.25) is 0 Å². The summed E-state index contributed by atoms with van der Waals surface area (Å²) in [6.45, 7) is 4.23. The molecule has 0 aliphatic carbocycles. The minimum atomic E-state index is -0.186. The number of nitrogens with zero attached hydrogens (tertiary/aromatic N) is 4. The minimum Gasteiger partial charge on any atom is -0.486 e. The first-order valence-electron chi connectivity index (χ1n) is 8.41. The number of benzene rings is 1. The zero-order valence-electron chi connectivity index (χ0n) is 14.5. The average Bonchev–Trinajstić information content (AvgIpc) is 3.09. The van der Waals surface area contributed by atoms with E-state index in [1.165, 1.54) is 0 Å². The summed E-state index contributed by atoms with van der Waals surface area (Å²) in [4.78, 5) is 13.8. The van der Waals surface area contributed by atoms with Gasteiger partial charge in [0.25, 0.3) is 0 Å². The van der Waals surface area contributed by atoms with Crippen molar-refractivity contribution < 1.29 is 14.3 Å². The first-order chi connectivity index (χ1) is 12.2. The molecule has 1 aromatic carbocycles. The van der Waals surface area contributed by atoms with Gasteiger partial charge in [-0.25, -0.2) is 4.79 Å². The van der Waals surface area contributed by atoms with Gasteiger partial charge in [-0.3, -0.25) is 0 Å². The van der Waals surface area contributed by atoms with Crippen LogP contribution in [0.2, 0.25) is 0 Å². The largest absolute Gasteiger partial charge is 0.486 e. The predicted octanol–water partition coefficient (Wildman–Crippen LogP) is 1.32. The van der Waals surface area contributed by atoms with Gasteiger partial charge in [0.1, 0.15) is 18.8 Å². The molecule has 8 nitrogen and oxygen atoms in total. The predicted molar refractivity (Wildman–Crippen MR) is 91.8 cm³/mol. The molecule has 2 amide bonds. The number of hydrogen-bond acceptors (Lipinski definition) is 5. The van der Waals surface area contributed by atoms with Crippen molar-refractivity contribution in [2.75, 3.05) is 26.7 Å². The number of para-hydroxylation sites is 2. The molecular weight excluding hydrogens is 322 g/mol. The molecule has 8 heteroatoms. The van der Waals surface area contributed by atoms with E-state index in [2.05, 4.69) is 15.5 Å². The van der Waals surface area contributed by atoms with Crippen LogP contribution in [0, 0.1) is 0 Å². The Kier molecular flexibility index (Phi) is 5.37. The van der Waals surface area contributed by atoms with Crippen molar-refractivity contribution >= 4 is 6.03 Å². The molecule has 0 saturated heterocycles. The third kappa shape index (κ3) is 4.20. The summed E-state index contributed by atoms with van der Waals surface area (Å²) in [5.41, 5.74) is 0. The lowest BCUT2D eigenvalue weighted by Gasteiger charge is -2.29. The van der Waals surface area contributed by atoms with E-state index in [9.17, 15) is 4.79 Å². The van der Waals surface area contributed by atoms with Crippen LogP contribution >= 0.6 is 0 Å². The molecule has 1 atom stereocenters. The Labute approximate surface area is 146 Å². The number of likely N-dealkylation sites (N-methyl/N-ethyl adjacent to an activating group) is 1. The molecule has 0 spiro atoms. The number of nitrogens with one attached hydrogen (secondary N) is 1. The van der Waals surface area contributed by atoms with E-state index in [0.717, 1.165) is 18.1 Å². The standard InChI is InChI=1S/C17H23N5O3/c1-3-22-12-19-20-16(22)8-9-18-17(23)21(2)10-13-11-24-14-6-4-5-7-15(14)25-13/h4-7,12-13H,3,8-11H2,1-2H3,(H,18,23)/t13-/m1/s1. The van der Waals surface area contributed by atoms with Gasteiger partial charge in [0, 0.05) is 26.6 Å². The molecule has 1 aliphatic heterocycles. The third-order valence-corrected chi connectivity index (χ3v) is 4.05. The van der Waals surface area contributed by atoms with Crippen molar-refractivity contribution in [3.63, 3.8) is 0 Å². The topological polar surface area (TPSA) is 81.5 Å². The van der Waals surface area contributed by atoms with Gasteiger partial charge in [0.05, 0.1) is 6.54 Å². The number of fused-ring (bicyclic) bond motifs is 1. The molecule has 25 heavy (non-hydrogen) atoms. The van der Waals surface area contributed by atoms with Crippen LogP contribution < -0.4 is 14.8 Å². The highest BCUT2D eigenvalue weighted by molar-refractivity contribution is 5.73. The number of carbonyl (C=O) groups is 1. The third-order valence-electron chi connectivity index (χ3n) is 4.05. The van der Waals surface area contributed by atoms with E-state index >= 15 is 0 Å². The van der Waals surface area contributed by atoms with E-state index in [0.29, 0.717) is 31.9 Å². The number of aryl methyl sites for hydroxylation is 1. The van der Waals surface area contributed by atoms with Crippen LogP contribution in [0.15, 0.2) is 30.6 Å². The van der Waals surface area contributed by atoms with Crippen LogP contribution in [0.3, 0.4) is 0 Å². The fraction of sp³-hybridized carbons (Fsp3) is 0.471. The second kappa shape index (κ2) is 7.87. The Bertz CT molecular complexity index is 718. The van der Waals surface area contributed by atoms with E-state index in [1.54, 1.807) is 18.3 Å². The highest BCUT2D eigenvalue weighted by Crippen LogP contribution is 2.30. The Morgan fingerprint density at radius 1 is 1.40 bits per heavy atom. The van der Waals surface area contributed by atoms with E-state index in [1.807, 2.05) is 35.8 Å². The highest BCUT2D eigenvalue weighted by atomic mass is 16.6. The van der Waals surface area contributed by atoms with Gasteiger partial charge >= 0.3 is 6.03 Å². The van der Waals surface area contributed by atoms with Crippen LogP contribution in [0.25, 0.3) is 0 Å². The minimum absolute atomic E-state index is 0.148. The Morgan fingerprint density at radius 3 is 3.00 bits per heavy atom. The van der Waals surface area contributed by atoms with E-state index in [4.69, 9.17) is 9.47 Å². The van der Waals surface area contributed by atoms with Crippen LogP contribution in [-0.4, -0.2) is 58.5 Å². The van der Waals surface area contributed by atoms with E-state index in [-0.39, 0.29) is 12.1 Å². The zero-order valence-corrected chi connectivity index (χ0v) is 14.5. The van der Waals surface area contributed by atoms with Gasteiger partial charge in [-0.05, 0) is 19.1 Å². The monoisotopic (exact) mass is 345 g/mol. The van der Waals surface area contributed by atoms with Crippen molar-refractivity contribution in [2.24, 2.45) is 0 Å². The zero-order chi connectivity index (χ0) is 17.6. The lowest BCUT2D eigenvalue weighted by Crippen LogP contribution is -2.46. The molecule has 2 aromatic rings. The highest BCUT2D eigenvalue weighted by Gasteiger charge is 2.23. The Hall–Kier alpha value is -2.77. The summed E-state index contributed by atoms with van der Waals surface area (Å²) >= 11 is 0. The van der Waals surface area contributed by atoms with Crippen LogP contribution in [-0.2, 0) is 13.0 Å². The lowest BCUT2D eigenvalue weighted by molar-refractivity contribution is 0.0716. The van der Waals surface area contributed by atoms with Crippen molar-refractivity contribution in [3.05, 3.63) is 36.4 Å². The van der Waals surface area contributed by atoms with Crippen LogP contribution in [0.5, 0.6) is 11.5 Å². The van der Waals surface area contributed by atoms with Gasteiger partial charge in [-0.15, -0.1) is 10.2 Å². The Morgan fingerprint density at radius 2 is 2.20 bits per heavy atom. The molecule has 2 heterocycles. The molecule has 0 radical (unpaired) electrons. The molecule has 0 saturated carbocycles. The summed E-state index contributed by atoms with van der Waals surface area (Å²) in [7, 11) is 1.74. The molecule has 0 unspecified atom stereocenters. The van der Waals surface area contributed by atoms with Crippen molar-refractivity contribution in [3.8, 4) is 11.5 Å². The number of hydrogen-bond donors (Lipinski definition) is 1. The van der Waals surface area contributed by atoms with Gasteiger partial charge in [0.15, 0.2) is 17.6 Å². The molecule has 1 aromatic heterocycles. The number of rotatable bonds is 6. The summed E-state index contributed by atoms with van der Waals surface area (Å²) in [5.74, 6) is 2.32. The van der Waals surface area contributed by atoms with E-state index < -0.39 is 0 Å². The molecule has 3 rings (SSSR count). The van der Waals surface area contributed by atoms with Gasteiger partial charge < -0.3 is 24.3 Å². The van der Waals surface area contributed by atoms with Gasteiger partial charge in [-0.1, -0.05) is 12.1 Å². The SMILES string of the molecule is CCn1cnnc1CCNC(=O)N(C)C[C@@H]1COc2ccccc2O1. The number of aromatic nitrogens is 3. The summed E-state index contributed by atoms with van der Waals surface area (Å²) in [6, 6.07) is 7.39. The van der Waals surface area contributed by atoms with Crippen molar-refractivity contribution in [1.29, 1.82) is 0 Å². The quantitative estimate of drug-likeness (QED) is 0.854. The Balaban J connectivity index is 1.44. The van der Waals surface area contributed by atoms with Crippen LogP contribution in [0.1, 0.15) is 12.7 Å². The van der Waals surface area contributed by atoms with Crippen LogP contribution in [0.4, 0.5) is 4.79 Å². The number of urea groups is 1. The first kappa shape index (κ1) is 17.1. The summed E-state index contributed by atoms with van der Waals surface area (Å²) in [6.07, 6.45) is 2.15. The fourth-order valence-electron chi connectivity index (χ4n) is 2.69. The maximum atomic E-state index is 12.2. The van der Waals surface area contributed by atoms with Crippen molar-refractivity contribution in [1.82, 2.24) is 25.0 Å². The summed E-state index contributed by atoms with van der Waals surface area (Å²) < 4.78 is 13.5. The normalized spacial score (nSPS) is 15.7. The second-order valence-corrected chi connectivity index (χ2v) is 5.89. The summed E-state index contributed by atoms with van der Waals surface area (Å²) in [5, 5.41) is 10.8. The van der Waals surface area contributed by atoms with Crippen molar-refractivity contribution in [2.45, 2.75) is 26.0 Å². The number of ether oxygens (including phenoxy) is 2. The molecule has 1 aliphatic rings. The maximum Gasteiger partial charge on any atom is 0.317 e. The first-order valence-corrected chi connectivity index (χ1v) is 8.41. The van der Waals surface area contributed by atoms with Gasteiger partial charge in [-0.2, -0.15) is 0 Å². The molecule has 134 valence electrons. The average molecular weight is 345 g/mol. The number of amides is 2. The lowest BCUT2D eigenvalue weighted by atomic mass is 10.2. The molecule has 1 N–H and O–H groups in total. The molecular formula is C17H23N5O3.